The molecule has 4 atom stereocenters. The highest BCUT2D eigenvalue weighted by Crippen LogP contribution is 2.09. The van der Waals surface area contributed by atoms with E-state index in [2.05, 4.69) is 10.6 Å². The minimum absolute atomic E-state index is 0.276. The lowest BCUT2D eigenvalue weighted by molar-refractivity contribution is -0.142. The predicted molar refractivity (Wildman–Crippen MR) is 76.9 cm³/mol. The van der Waals surface area contributed by atoms with E-state index >= 15 is 0 Å². The molecule has 0 spiro atoms. The summed E-state index contributed by atoms with van der Waals surface area (Å²) in [7, 11) is 0. The van der Waals surface area contributed by atoms with Gasteiger partial charge >= 0.3 is 11.9 Å². The van der Waals surface area contributed by atoms with Crippen molar-refractivity contribution in [1.82, 2.24) is 10.6 Å². The smallest absolute Gasteiger partial charge is 0.325 e. The standard InChI is InChI=1S/C13H23N3O6/c1-4-6(2)10(12(20)15-7(3)13(21)22)16-11(19)8(14)5-9(17)18/h6-8,10H,4-5,14H2,1-3H3,(H,15,20)(H,16,19)(H,17,18)(H,21,22)/t6-,7-,8-,10-/m0/s1. The number of carboxylic acids is 2. The lowest BCUT2D eigenvalue weighted by Gasteiger charge is -2.25. The Labute approximate surface area is 128 Å². The molecule has 0 aromatic carbocycles. The molecule has 2 amide bonds. The Hall–Kier alpha value is -2.16. The highest BCUT2D eigenvalue weighted by atomic mass is 16.4. The molecular weight excluding hydrogens is 294 g/mol. The first-order chi connectivity index (χ1) is 10.1. The van der Waals surface area contributed by atoms with Crippen molar-refractivity contribution in [2.45, 2.75) is 51.7 Å². The average Bonchev–Trinajstić information content (AvgIpc) is 2.42. The molecular formula is C13H23N3O6. The Kier molecular flexibility index (Phi) is 8.10. The van der Waals surface area contributed by atoms with E-state index in [1.165, 1.54) is 6.92 Å². The zero-order chi connectivity index (χ0) is 17.4. The molecule has 0 aliphatic carbocycles. The van der Waals surface area contributed by atoms with E-state index in [-0.39, 0.29) is 5.92 Å². The summed E-state index contributed by atoms with van der Waals surface area (Å²) >= 11 is 0. The van der Waals surface area contributed by atoms with Gasteiger partial charge in [-0.1, -0.05) is 20.3 Å². The van der Waals surface area contributed by atoms with Gasteiger partial charge in [0.1, 0.15) is 12.1 Å². The molecule has 0 aromatic rings. The Bertz CT molecular complexity index is 439. The lowest BCUT2D eigenvalue weighted by Crippen LogP contribution is -2.56. The van der Waals surface area contributed by atoms with Crippen LogP contribution in [-0.2, 0) is 19.2 Å². The van der Waals surface area contributed by atoms with Crippen LogP contribution in [0.1, 0.15) is 33.6 Å². The highest BCUT2D eigenvalue weighted by Gasteiger charge is 2.30. The number of hydrogen-bond donors (Lipinski definition) is 5. The maximum Gasteiger partial charge on any atom is 0.325 e. The number of nitrogens with two attached hydrogens (primary N) is 1. The fourth-order valence-electron chi connectivity index (χ4n) is 1.61. The molecule has 0 aliphatic rings. The second kappa shape index (κ2) is 8.98. The SMILES string of the molecule is CC[C@H](C)[C@H](NC(=O)[C@@H](N)CC(=O)O)C(=O)N[C@@H](C)C(=O)O. The van der Waals surface area contributed by atoms with E-state index in [0.717, 1.165) is 0 Å². The number of carbonyl (C=O) groups is 4. The quantitative estimate of drug-likeness (QED) is 0.361. The van der Waals surface area contributed by atoms with Crippen molar-refractivity contribution in [2.75, 3.05) is 0 Å². The minimum atomic E-state index is -1.28. The molecule has 22 heavy (non-hydrogen) atoms. The van der Waals surface area contributed by atoms with E-state index in [1.807, 2.05) is 0 Å². The lowest BCUT2D eigenvalue weighted by atomic mass is 9.97. The number of carboxylic acid groups (broad SMARTS) is 2. The summed E-state index contributed by atoms with van der Waals surface area (Å²) in [5, 5.41) is 22.1. The third-order valence-electron chi connectivity index (χ3n) is 3.25. The van der Waals surface area contributed by atoms with Crippen LogP contribution in [0.15, 0.2) is 0 Å². The van der Waals surface area contributed by atoms with Crippen LogP contribution in [0.4, 0.5) is 0 Å². The summed E-state index contributed by atoms with van der Waals surface area (Å²) in [6.45, 7) is 4.81. The maximum atomic E-state index is 12.1. The Morgan fingerprint density at radius 2 is 1.59 bits per heavy atom. The van der Waals surface area contributed by atoms with Crippen molar-refractivity contribution >= 4 is 23.8 Å². The molecule has 0 aliphatic heterocycles. The summed E-state index contributed by atoms with van der Waals surface area (Å²) in [6, 6.07) is -3.38. The molecule has 0 saturated carbocycles. The van der Waals surface area contributed by atoms with Gasteiger partial charge in [-0.3, -0.25) is 19.2 Å². The summed E-state index contributed by atoms with van der Waals surface area (Å²) in [5.74, 6) is -4.13. The molecule has 6 N–H and O–H groups in total. The monoisotopic (exact) mass is 317 g/mol. The molecule has 0 saturated heterocycles. The third kappa shape index (κ3) is 6.53. The van der Waals surface area contributed by atoms with Gasteiger partial charge in [-0.15, -0.1) is 0 Å². The number of aliphatic carboxylic acids is 2. The highest BCUT2D eigenvalue weighted by molar-refractivity contribution is 5.93. The van der Waals surface area contributed by atoms with E-state index < -0.39 is 48.3 Å². The van der Waals surface area contributed by atoms with E-state index in [9.17, 15) is 19.2 Å². The molecule has 9 heteroatoms. The molecule has 126 valence electrons. The zero-order valence-electron chi connectivity index (χ0n) is 12.8. The fraction of sp³-hybridized carbons (Fsp3) is 0.692. The van der Waals surface area contributed by atoms with Gasteiger partial charge in [-0.2, -0.15) is 0 Å². The number of rotatable bonds is 9. The summed E-state index contributed by atoms with van der Waals surface area (Å²) < 4.78 is 0. The van der Waals surface area contributed by atoms with Gasteiger partial charge in [0.15, 0.2) is 0 Å². The number of amides is 2. The maximum absolute atomic E-state index is 12.1. The van der Waals surface area contributed by atoms with Crippen LogP contribution >= 0.6 is 0 Å². The summed E-state index contributed by atoms with van der Waals surface area (Å²) in [4.78, 5) is 45.2. The van der Waals surface area contributed by atoms with Gasteiger partial charge < -0.3 is 26.6 Å². The molecule has 0 aromatic heterocycles. The fourth-order valence-corrected chi connectivity index (χ4v) is 1.61. The normalized spacial score (nSPS) is 16.0. The Morgan fingerprint density at radius 3 is 2.00 bits per heavy atom. The van der Waals surface area contributed by atoms with Gasteiger partial charge in [0.25, 0.3) is 0 Å². The van der Waals surface area contributed by atoms with Crippen molar-refractivity contribution in [1.29, 1.82) is 0 Å². The zero-order valence-corrected chi connectivity index (χ0v) is 12.8. The van der Waals surface area contributed by atoms with E-state index in [0.29, 0.717) is 6.42 Å². The van der Waals surface area contributed by atoms with Crippen molar-refractivity contribution in [2.24, 2.45) is 11.7 Å². The average molecular weight is 317 g/mol. The first-order valence-electron chi connectivity index (χ1n) is 6.91. The van der Waals surface area contributed by atoms with Gasteiger partial charge in [-0.25, -0.2) is 0 Å². The largest absolute Gasteiger partial charge is 0.481 e. The Balaban J connectivity index is 4.91. The van der Waals surface area contributed by atoms with Crippen LogP contribution in [0, 0.1) is 5.92 Å². The van der Waals surface area contributed by atoms with Crippen LogP contribution in [0.2, 0.25) is 0 Å². The van der Waals surface area contributed by atoms with Gasteiger partial charge in [0, 0.05) is 0 Å². The van der Waals surface area contributed by atoms with E-state index in [1.54, 1.807) is 13.8 Å². The van der Waals surface area contributed by atoms with Gasteiger partial charge in [0.05, 0.1) is 12.5 Å². The van der Waals surface area contributed by atoms with Gasteiger partial charge in [-0.05, 0) is 12.8 Å². The van der Waals surface area contributed by atoms with E-state index in [4.69, 9.17) is 15.9 Å². The van der Waals surface area contributed by atoms with Crippen LogP contribution in [0.25, 0.3) is 0 Å². The molecule has 0 unspecified atom stereocenters. The molecule has 0 radical (unpaired) electrons. The molecule has 0 fully saturated rings. The molecule has 0 rings (SSSR count). The Morgan fingerprint density at radius 1 is 1.05 bits per heavy atom. The first-order valence-corrected chi connectivity index (χ1v) is 6.91. The number of nitrogens with one attached hydrogen (secondary N) is 2. The third-order valence-corrected chi connectivity index (χ3v) is 3.25. The van der Waals surface area contributed by atoms with Crippen LogP contribution < -0.4 is 16.4 Å². The second-order valence-electron chi connectivity index (χ2n) is 5.14. The van der Waals surface area contributed by atoms with Crippen molar-refractivity contribution in [3.63, 3.8) is 0 Å². The summed E-state index contributed by atoms with van der Waals surface area (Å²) in [6.07, 6.45) is -0.0137. The van der Waals surface area contributed by atoms with Crippen molar-refractivity contribution in [3.8, 4) is 0 Å². The topological polar surface area (TPSA) is 159 Å². The van der Waals surface area contributed by atoms with Crippen molar-refractivity contribution in [3.05, 3.63) is 0 Å². The number of carbonyl (C=O) groups excluding carboxylic acids is 2. The van der Waals surface area contributed by atoms with Crippen LogP contribution in [0.5, 0.6) is 0 Å². The first kappa shape index (κ1) is 19.8. The van der Waals surface area contributed by atoms with Crippen molar-refractivity contribution < 1.29 is 29.4 Å². The van der Waals surface area contributed by atoms with Crippen LogP contribution in [-0.4, -0.2) is 52.1 Å². The molecule has 0 bridgehead atoms. The molecule has 9 nitrogen and oxygen atoms in total. The summed E-state index contributed by atoms with van der Waals surface area (Å²) in [5.41, 5.74) is 5.44. The van der Waals surface area contributed by atoms with Crippen LogP contribution in [0.3, 0.4) is 0 Å². The molecule has 0 heterocycles. The predicted octanol–water partition coefficient (Wildman–Crippen LogP) is -1.09. The van der Waals surface area contributed by atoms with Gasteiger partial charge in [0.2, 0.25) is 11.8 Å². The second-order valence-corrected chi connectivity index (χ2v) is 5.14. The minimum Gasteiger partial charge on any atom is -0.481 e. The number of hydrogen-bond acceptors (Lipinski definition) is 5.